The third-order valence-electron chi connectivity index (χ3n) is 3.29. The van der Waals surface area contributed by atoms with Gasteiger partial charge in [-0.1, -0.05) is 19.3 Å². The van der Waals surface area contributed by atoms with E-state index in [0.717, 1.165) is 17.9 Å². The highest BCUT2D eigenvalue weighted by Crippen LogP contribution is 2.50. The molecule has 0 amide bonds. The zero-order valence-electron chi connectivity index (χ0n) is 9.07. The van der Waals surface area contributed by atoms with E-state index in [2.05, 4.69) is 63.7 Å². The first kappa shape index (κ1) is 14.4. The first-order valence-corrected chi connectivity index (χ1v) is 8.76. The molecule has 0 aliphatic heterocycles. The van der Waals surface area contributed by atoms with Gasteiger partial charge in [-0.25, -0.2) is 0 Å². The molecule has 1 N–H and O–H groups in total. The van der Waals surface area contributed by atoms with Gasteiger partial charge in [0.2, 0.25) is 0 Å². The van der Waals surface area contributed by atoms with Crippen molar-refractivity contribution in [1.29, 1.82) is 0 Å². The zero-order valence-corrected chi connectivity index (χ0v) is 15.4. The fourth-order valence-corrected chi connectivity index (χ4v) is 5.16. The minimum atomic E-state index is 0.239. The molecule has 5 heteroatoms. The second-order valence-corrected chi connectivity index (χ2v) is 7.53. The van der Waals surface area contributed by atoms with Crippen LogP contribution >= 0.6 is 63.7 Å². The Bertz CT molecular complexity index is 410. The van der Waals surface area contributed by atoms with Crippen LogP contribution in [0.4, 0.5) is 0 Å². The first-order valence-electron chi connectivity index (χ1n) is 5.58. The standard InChI is InChI=1S/C12H12Br4O/c13-8-7(6-4-2-1-3-5-6)9(14)11(16)12(17)10(8)15/h6,17H,1-5H2. The number of phenolic OH excluding ortho intramolecular Hbond substituents is 1. The van der Waals surface area contributed by atoms with Crippen LogP contribution < -0.4 is 0 Å². The molecule has 17 heavy (non-hydrogen) atoms. The molecular formula is C12H12Br4O. The summed E-state index contributed by atoms with van der Waals surface area (Å²) in [5.74, 6) is 0.809. The molecule has 0 aromatic heterocycles. The van der Waals surface area contributed by atoms with E-state index < -0.39 is 0 Å². The molecule has 0 radical (unpaired) electrons. The Morgan fingerprint density at radius 2 is 1.24 bits per heavy atom. The third-order valence-corrected chi connectivity index (χ3v) is 7.54. The molecule has 0 bridgehead atoms. The van der Waals surface area contributed by atoms with Crippen molar-refractivity contribution in [2.45, 2.75) is 38.0 Å². The lowest BCUT2D eigenvalue weighted by Gasteiger charge is -2.25. The molecule has 2 rings (SSSR count). The van der Waals surface area contributed by atoms with Gasteiger partial charge in [-0.2, -0.15) is 0 Å². The molecule has 1 aliphatic carbocycles. The van der Waals surface area contributed by atoms with Crippen LogP contribution in [0.1, 0.15) is 43.6 Å². The van der Waals surface area contributed by atoms with E-state index in [-0.39, 0.29) is 5.75 Å². The molecule has 1 aromatic carbocycles. The van der Waals surface area contributed by atoms with Crippen LogP contribution in [0.5, 0.6) is 5.75 Å². The van der Waals surface area contributed by atoms with Gasteiger partial charge < -0.3 is 5.11 Å². The van der Waals surface area contributed by atoms with Crippen LogP contribution in [0, 0.1) is 0 Å². The normalized spacial score (nSPS) is 17.4. The predicted molar refractivity (Wildman–Crippen MR) is 84.7 cm³/mol. The van der Waals surface area contributed by atoms with Crippen molar-refractivity contribution in [3.63, 3.8) is 0 Å². The second kappa shape index (κ2) is 5.93. The van der Waals surface area contributed by atoms with E-state index in [1.807, 2.05) is 0 Å². The summed E-state index contributed by atoms with van der Waals surface area (Å²) in [5, 5.41) is 9.94. The molecule has 1 fully saturated rings. The molecule has 0 unspecified atom stereocenters. The van der Waals surface area contributed by atoms with Crippen molar-refractivity contribution in [3.8, 4) is 5.75 Å². The third kappa shape index (κ3) is 2.77. The molecule has 94 valence electrons. The fourth-order valence-electron chi connectivity index (χ4n) is 2.39. The Kier molecular flexibility index (Phi) is 5.01. The molecular weight excluding hydrogens is 480 g/mol. The maximum Gasteiger partial charge on any atom is 0.146 e. The van der Waals surface area contributed by atoms with Crippen LogP contribution in [0.2, 0.25) is 0 Å². The molecule has 0 saturated heterocycles. The number of halogens is 4. The van der Waals surface area contributed by atoms with Crippen molar-refractivity contribution >= 4 is 63.7 Å². The van der Waals surface area contributed by atoms with Crippen LogP contribution in [-0.2, 0) is 0 Å². The molecule has 0 heterocycles. The largest absolute Gasteiger partial charge is 0.505 e. The van der Waals surface area contributed by atoms with Gasteiger partial charge in [0.1, 0.15) is 5.75 Å². The van der Waals surface area contributed by atoms with Crippen molar-refractivity contribution in [1.82, 2.24) is 0 Å². The molecule has 0 atom stereocenters. The zero-order chi connectivity index (χ0) is 12.6. The van der Waals surface area contributed by atoms with Crippen LogP contribution in [0.15, 0.2) is 17.9 Å². The number of hydrogen-bond acceptors (Lipinski definition) is 1. The van der Waals surface area contributed by atoms with Gasteiger partial charge >= 0.3 is 0 Å². The van der Waals surface area contributed by atoms with E-state index in [1.54, 1.807) is 0 Å². The SMILES string of the molecule is Oc1c(Br)c(Br)c(C2CCCCC2)c(Br)c1Br. The van der Waals surface area contributed by atoms with Crippen LogP contribution in [0.3, 0.4) is 0 Å². The number of phenols is 1. The van der Waals surface area contributed by atoms with Crippen molar-refractivity contribution in [2.75, 3.05) is 0 Å². The van der Waals surface area contributed by atoms with Gasteiger partial charge in [0.25, 0.3) is 0 Å². The maximum absolute atomic E-state index is 9.94. The smallest absolute Gasteiger partial charge is 0.146 e. The highest BCUT2D eigenvalue weighted by molar-refractivity contribution is 9.14. The minimum absolute atomic E-state index is 0.239. The van der Waals surface area contributed by atoms with E-state index in [9.17, 15) is 5.11 Å². The van der Waals surface area contributed by atoms with Gasteiger partial charge in [-0.05, 0) is 88.0 Å². The molecule has 1 nitrogen and oxygen atoms in total. The van der Waals surface area contributed by atoms with E-state index in [0.29, 0.717) is 5.92 Å². The molecule has 1 saturated carbocycles. The lowest BCUT2D eigenvalue weighted by Crippen LogP contribution is -2.07. The maximum atomic E-state index is 9.94. The van der Waals surface area contributed by atoms with Crippen molar-refractivity contribution < 1.29 is 5.11 Å². The predicted octanol–water partition coefficient (Wildman–Crippen LogP) is 6.49. The van der Waals surface area contributed by atoms with Gasteiger partial charge in [-0.3, -0.25) is 0 Å². The molecule has 1 aliphatic rings. The van der Waals surface area contributed by atoms with E-state index in [1.165, 1.54) is 37.7 Å². The lowest BCUT2D eigenvalue weighted by molar-refractivity contribution is 0.437. The van der Waals surface area contributed by atoms with Gasteiger partial charge in [-0.15, -0.1) is 0 Å². The van der Waals surface area contributed by atoms with E-state index >= 15 is 0 Å². The Morgan fingerprint density at radius 3 is 1.71 bits per heavy atom. The number of aromatic hydroxyl groups is 1. The summed E-state index contributed by atoms with van der Waals surface area (Å²) in [7, 11) is 0. The van der Waals surface area contributed by atoms with Crippen molar-refractivity contribution in [2.24, 2.45) is 0 Å². The summed E-state index contributed by atoms with van der Waals surface area (Å²) in [6.07, 6.45) is 6.37. The van der Waals surface area contributed by atoms with Crippen LogP contribution in [0.25, 0.3) is 0 Å². The summed E-state index contributed by atoms with van der Waals surface area (Å²) >= 11 is 14.1. The lowest BCUT2D eigenvalue weighted by atomic mass is 9.84. The Balaban J connectivity index is 2.52. The monoisotopic (exact) mass is 488 g/mol. The Hall–Kier alpha value is 0.940. The average Bonchev–Trinajstić information content (AvgIpc) is 2.36. The highest BCUT2D eigenvalue weighted by Gasteiger charge is 2.25. The minimum Gasteiger partial charge on any atom is -0.505 e. The summed E-state index contributed by atoms with van der Waals surface area (Å²) in [4.78, 5) is 0. The number of hydrogen-bond donors (Lipinski definition) is 1. The van der Waals surface area contributed by atoms with Crippen LogP contribution in [-0.4, -0.2) is 5.11 Å². The Morgan fingerprint density at radius 1 is 0.765 bits per heavy atom. The quantitative estimate of drug-likeness (QED) is 0.445. The summed E-state index contributed by atoms with van der Waals surface area (Å²) in [6.45, 7) is 0. The number of benzene rings is 1. The highest BCUT2D eigenvalue weighted by atomic mass is 79.9. The van der Waals surface area contributed by atoms with Gasteiger partial charge in [0, 0.05) is 8.95 Å². The molecule has 0 spiro atoms. The van der Waals surface area contributed by atoms with Gasteiger partial charge in [0.05, 0.1) is 8.95 Å². The van der Waals surface area contributed by atoms with Crippen molar-refractivity contribution in [3.05, 3.63) is 23.5 Å². The summed E-state index contributed by atoms with van der Waals surface area (Å²) in [6, 6.07) is 0. The summed E-state index contributed by atoms with van der Waals surface area (Å²) in [5.41, 5.74) is 1.27. The summed E-state index contributed by atoms with van der Waals surface area (Å²) < 4.78 is 3.40. The topological polar surface area (TPSA) is 20.2 Å². The fraction of sp³-hybridized carbons (Fsp3) is 0.500. The Labute approximate surface area is 135 Å². The molecule has 1 aromatic rings. The second-order valence-electron chi connectivity index (χ2n) is 4.35. The first-order chi connectivity index (χ1) is 8.04. The number of rotatable bonds is 1. The average molecular weight is 492 g/mol. The van der Waals surface area contributed by atoms with Gasteiger partial charge in [0.15, 0.2) is 0 Å². The van der Waals surface area contributed by atoms with E-state index in [4.69, 9.17) is 0 Å².